The lowest BCUT2D eigenvalue weighted by molar-refractivity contribution is -0.552. The summed E-state index contributed by atoms with van der Waals surface area (Å²) in [7, 11) is 1.73. The van der Waals surface area contributed by atoms with Crippen molar-refractivity contribution in [2.45, 2.75) is 57.7 Å². The lowest BCUT2D eigenvalue weighted by atomic mass is 9.93. The maximum Gasteiger partial charge on any atom is 0.392 e. The predicted octanol–water partition coefficient (Wildman–Crippen LogP) is 3.17. The van der Waals surface area contributed by atoms with E-state index in [4.69, 9.17) is 16.6 Å². The second-order valence-corrected chi connectivity index (χ2v) is 9.70. The molecule has 3 heterocycles. The molecule has 8 heteroatoms. The summed E-state index contributed by atoms with van der Waals surface area (Å²) in [6.07, 6.45) is 6.13. The summed E-state index contributed by atoms with van der Waals surface area (Å²) >= 11 is 5.99. The van der Waals surface area contributed by atoms with Crippen molar-refractivity contribution in [2.75, 3.05) is 20.1 Å². The Morgan fingerprint density at radius 1 is 1.13 bits per heavy atom. The van der Waals surface area contributed by atoms with Gasteiger partial charge in [-0.25, -0.2) is 9.37 Å². The molecule has 7 nitrogen and oxygen atoms in total. The number of carbonyl (C=O) groups excluding carboxylic acids is 2. The van der Waals surface area contributed by atoms with E-state index >= 15 is 0 Å². The minimum Gasteiger partial charge on any atom is -0.270 e. The Kier molecular flexibility index (Phi) is 5.24. The highest BCUT2D eigenvalue weighted by Gasteiger charge is 2.55. The normalized spacial score (nSPS) is 26.9. The van der Waals surface area contributed by atoms with Crippen LogP contribution in [0.15, 0.2) is 29.3 Å². The van der Waals surface area contributed by atoms with Gasteiger partial charge in [0.25, 0.3) is 5.91 Å². The van der Waals surface area contributed by atoms with Gasteiger partial charge in [-0.15, -0.1) is 0 Å². The van der Waals surface area contributed by atoms with Crippen LogP contribution in [0.3, 0.4) is 0 Å². The van der Waals surface area contributed by atoms with Crippen molar-refractivity contribution in [3.63, 3.8) is 0 Å². The molecule has 0 N–H and O–H groups in total. The number of aliphatic imine (C=N–C) groups is 1. The van der Waals surface area contributed by atoms with Gasteiger partial charge in [0, 0.05) is 18.0 Å². The Morgan fingerprint density at radius 2 is 1.84 bits per heavy atom. The summed E-state index contributed by atoms with van der Waals surface area (Å²) in [5.74, 6) is 1.68. The quantitative estimate of drug-likeness (QED) is 0.675. The third kappa shape index (κ3) is 3.53. The second-order valence-electron chi connectivity index (χ2n) is 9.27. The monoisotopic (exact) mass is 442 g/mol. The summed E-state index contributed by atoms with van der Waals surface area (Å²) < 4.78 is 2.14. The first-order valence-corrected chi connectivity index (χ1v) is 11.6. The molecule has 4 aliphatic rings. The smallest absolute Gasteiger partial charge is 0.270 e. The van der Waals surface area contributed by atoms with Crippen molar-refractivity contribution in [1.29, 1.82) is 0 Å². The Hall–Kier alpha value is -2.41. The number of hydrogen-bond donors (Lipinski definition) is 0. The molecule has 0 aromatic heterocycles. The van der Waals surface area contributed by atoms with Crippen LogP contribution in [0.4, 0.5) is 4.79 Å². The molecule has 1 aromatic carbocycles. The highest BCUT2D eigenvalue weighted by molar-refractivity contribution is 6.30. The van der Waals surface area contributed by atoms with Gasteiger partial charge in [-0.05, 0) is 30.5 Å². The zero-order chi connectivity index (χ0) is 21.7. The highest BCUT2D eigenvalue weighted by Crippen LogP contribution is 2.30. The minimum atomic E-state index is -0.529. The topological polar surface area (TPSA) is 59.2 Å². The van der Waals surface area contributed by atoms with E-state index in [-0.39, 0.29) is 18.5 Å². The lowest BCUT2D eigenvalue weighted by Crippen LogP contribution is -2.63. The van der Waals surface area contributed by atoms with Crippen molar-refractivity contribution in [3.8, 4) is 0 Å². The average molecular weight is 443 g/mol. The number of amidine groups is 1. The van der Waals surface area contributed by atoms with E-state index in [9.17, 15) is 9.59 Å². The van der Waals surface area contributed by atoms with Gasteiger partial charge >= 0.3 is 12.0 Å². The molecule has 1 aliphatic carbocycles. The van der Waals surface area contributed by atoms with Crippen LogP contribution in [0.25, 0.3) is 0 Å². The van der Waals surface area contributed by atoms with Gasteiger partial charge in [-0.1, -0.05) is 54.9 Å². The van der Waals surface area contributed by atoms with Gasteiger partial charge in [-0.2, -0.15) is 0 Å². The van der Waals surface area contributed by atoms with Crippen LogP contribution < -0.4 is 0 Å². The molecular weight excluding hydrogens is 414 g/mol. The van der Waals surface area contributed by atoms with E-state index in [1.807, 2.05) is 12.1 Å². The number of nitrogens with zero attached hydrogens (tertiary/aromatic N) is 5. The largest absolute Gasteiger partial charge is 0.392 e. The van der Waals surface area contributed by atoms with Gasteiger partial charge in [0.2, 0.25) is 11.9 Å². The standard InChI is InChI=1S/C23H29ClN5O2/c1-15-12-27(18-6-4-3-5-7-18)22-25-20-19(28(22)13-15)21(30)29(23(31)26(20)2)14-16-8-10-17(24)11-9-16/h8-11,15,18-19H,3-7,12-14H2,1-2H3/q+1. The number of hydrogen-bond acceptors (Lipinski definition) is 4. The van der Waals surface area contributed by atoms with Crippen LogP contribution in [0.2, 0.25) is 5.02 Å². The number of rotatable bonds is 3. The number of amides is 3. The van der Waals surface area contributed by atoms with Crippen LogP contribution >= 0.6 is 11.6 Å². The molecule has 1 saturated heterocycles. The van der Waals surface area contributed by atoms with Gasteiger partial charge in [0.1, 0.15) is 0 Å². The molecular formula is C23H29ClN5O2+. The van der Waals surface area contributed by atoms with Crippen molar-refractivity contribution in [1.82, 2.24) is 14.7 Å². The Labute approximate surface area is 188 Å². The molecule has 0 bridgehead atoms. The average Bonchev–Trinajstić information content (AvgIpc) is 3.16. The van der Waals surface area contributed by atoms with Gasteiger partial charge in [-0.3, -0.25) is 19.5 Å². The summed E-state index contributed by atoms with van der Waals surface area (Å²) in [5, 5.41) is 0.631. The number of halogens is 1. The SMILES string of the molecule is CC1CN(C2CCCCC2)C2=[N+](C1)C1C(=O)N(Cc3ccc(Cl)cc3)C(=O)N(C)C1=N2. The van der Waals surface area contributed by atoms with Crippen molar-refractivity contribution in [3.05, 3.63) is 34.9 Å². The fourth-order valence-electron chi connectivity index (χ4n) is 5.36. The molecule has 3 amide bonds. The van der Waals surface area contributed by atoms with Gasteiger partial charge in [0.05, 0.1) is 25.7 Å². The van der Waals surface area contributed by atoms with Gasteiger partial charge < -0.3 is 0 Å². The number of guanidine groups is 1. The van der Waals surface area contributed by atoms with Crippen LogP contribution in [-0.2, 0) is 11.3 Å². The molecule has 2 atom stereocenters. The highest BCUT2D eigenvalue weighted by atomic mass is 35.5. The summed E-state index contributed by atoms with van der Waals surface area (Å²) in [6.45, 7) is 4.20. The predicted molar refractivity (Wildman–Crippen MR) is 119 cm³/mol. The van der Waals surface area contributed by atoms with Crippen LogP contribution in [0.5, 0.6) is 0 Å². The number of urea groups is 1. The van der Waals surface area contributed by atoms with E-state index in [0.29, 0.717) is 22.8 Å². The third-order valence-corrected chi connectivity index (χ3v) is 7.18. The van der Waals surface area contributed by atoms with Gasteiger partial charge in [0.15, 0.2) is 0 Å². The third-order valence-electron chi connectivity index (χ3n) is 6.93. The molecule has 1 saturated carbocycles. The molecule has 0 spiro atoms. The first kappa shape index (κ1) is 20.5. The summed E-state index contributed by atoms with van der Waals surface area (Å²) in [5.41, 5.74) is 0.873. The number of likely N-dealkylation sites (N-methyl/N-ethyl adjacent to an activating group) is 1. The number of carbonyl (C=O) groups is 2. The number of fused-ring (bicyclic) bond motifs is 2. The molecule has 164 valence electrons. The number of benzene rings is 1. The first-order chi connectivity index (χ1) is 14.9. The zero-order valence-electron chi connectivity index (χ0n) is 18.1. The fraction of sp³-hybridized carbons (Fsp3) is 0.565. The first-order valence-electron chi connectivity index (χ1n) is 11.3. The fourth-order valence-corrected chi connectivity index (χ4v) is 5.48. The molecule has 5 rings (SSSR count). The van der Waals surface area contributed by atoms with E-state index in [2.05, 4.69) is 16.4 Å². The Bertz CT molecular complexity index is 967. The Morgan fingerprint density at radius 3 is 2.55 bits per heavy atom. The molecule has 1 aromatic rings. The lowest BCUT2D eigenvalue weighted by Gasteiger charge is -2.37. The molecule has 0 radical (unpaired) electrons. The van der Waals surface area contributed by atoms with Crippen molar-refractivity contribution < 1.29 is 14.2 Å². The molecule has 2 fully saturated rings. The van der Waals surface area contributed by atoms with Crippen LogP contribution in [0.1, 0.15) is 44.6 Å². The zero-order valence-corrected chi connectivity index (χ0v) is 18.9. The van der Waals surface area contributed by atoms with Crippen LogP contribution in [-0.4, -0.2) is 75.2 Å². The van der Waals surface area contributed by atoms with Crippen molar-refractivity contribution in [2.24, 2.45) is 10.9 Å². The maximum absolute atomic E-state index is 13.6. The molecule has 2 unspecified atom stereocenters. The molecule has 3 aliphatic heterocycles. The van der Waals surface area contributed by atoms with E-state index in [1.54, 1.807) is 24.1 Å². The summed E-state index contributed by atoms with van der Waals surface area (Å²) in [4.78, 5) is 36.9. The van der Waals surface area contributed by atoms with E-state index in [0.717, 1.165) is 24.6 Å². The number of imide groups is 1. The van der Waals surface area contributed by atoms with Crippen molar-refractivity contribution >= 4 is 35.3 Å². The Balaban J connectivity index is 1.47. The van der Waals surface area contributed by atoms with Crippen LogP contribution in [0, 0.1) is 5.92 Å². The van der Waals surface area contributed by atoms with E-state index < -0.39 is 6.04 Å². The second kappa shape index (κ2) is 7.93. The minimum absolute atomic E-state index is 0.190. The summed E-state index contributed by atoms with van der Waals surface area (Å²) in [6, 6.07) is 6.88. The van der Waals surface area contributed by atoms with E-state index in [1.165, 1.54) is 37.0 Å². The maximum atomic E-state index is 13.6. The molecule has 31 heavy (non-hydrogen) atoms.